The first-order chi connectivity index (χ1) is 7.99. The van der Waals surface area contributed by atoms with Gasteiger partial charge in [-0.15, -0.1) is 0 Å². The molecule has 2 aromatic heterocycles. The molecule has 0 spiro atoms. The molecule has 90 valence electrons. The number of hydrogen-bond acceptors (Lipinski definition) is 4. The first-order valence-corrected chi connectivity index (χ1v) is 4.96. The minimum Gasteiger partial charge on any atom is -0.339 e. The minimum atomic E-state index is -0.467. The molecule has 0 unspecified atom stereocenters. The summed E-state index contributed by atoms with van der Waals surface area (Å²) in [6.07, 6.45) is 2.88. The predicted octanol–water partition coefficient (Wildman–Crippen LogP) is -0.196. The number of nitrogens with one attached hydrogen (secondary N) is 4. The standard InChI is InChI=1S/C5H6N2O2.C4H4N2OS/c1-3-2-6-5(9)7-4(3)8;7-3-1-2-5-4(8)6-3/h2H,1H3,(H2,6,7,8,9);1-2H,(H2,5,6,7,8). The zero-order valence-electron chi connectivity index (χ0n) is 8.87. The van der Waals surface area contributed by atoms with Gasteiger partial charge < -0.3 is 9.97 Å². The highest BCUT2D eigenvalue weighted by Gasteiger charge is 1.88. The molecule has 0 fully saturated rings. The van der Waals surface area contributed by atoms with E-state index in [0.717, 1.165) is 0 Å². The molecule has 2 aromatic rings. The number of aryl methyl sites for hydroxylation is 1. The molecule has 4 N–H and O–H groups in total. The van der Waals surface area contributed by atoms with Crippen LogP contribution in [-0.4, -0.2) is 19.9 Å². The third-order valence-electron chi connectivity index (χ3n) is 1.69. The van der Waals surface area contributed by atoms with Crippen molar-refractivity contribution in [1.29, 1.82) is 0 Å². The highest BCUT2D eigenvalue weighted by molar-refractivity contribution is 7.71. The minimum absolute atomic E-state index is 0.172. The molecule has 0 aromatic carbocycles. The van der Waals surface area contributed by atoms with Crippen LogP contribution in [0.25, 0.3) is 0 Å². The summed E-state index contributed by atoms with van der Waals surface area (Å²) in [5, 5.41) is 0. The van der Waals surface area contributed by atoms with E-state index in [0.29, 0.717) is 10.3 Å². The topological polar surface area (TPSA) is 114 Å². The number of hydrogen-bond donors (Lipinski definition) is 4. The van der Waals surface area contributed by atoms with Gasteiger partial charge in [0.25, 0.3) is 11.1 Å². The lowest BCUT2D eigenvalue weighted by molar-refractivity contribution is 1.01. The fourth-order valence-corrected chi connectivity index (χ4v) is 1.03. The van der Waals surface area contributed by atoms with Gasteiger partial charge in [0.05, 0.1) is 0 Å². The van der Waals surface area contributed by atoms with Crippen LogP contribution >= 0.6 is 12.2 Å². The van der Waals surface area contributed by atoms with Crippen LogP contribution in [0, 0.1) is 11.7 Å². The first-order valence-electron chi connectivity index (χ1n) is 4.55. The van der Waals surface area contributed by atoms with Crippen molar-refractivity contribution < 1.29 is 0 Å². The summed E-state index contributed by atoms with van der Waals surface area (Å²) in [5.74, 6) is 0. The highest BCUT2D eigenvalue weighted by atomic mass is 32.1. The van der Waals surface area contributed by atoms with Crippen LogP contribution in [0.15, 0.2) is 32.8 Å². The smallest absolute Gasteiger partial charge is 0.325 e. The third-order valence-corrected chi connectivity index (χ3v) is 1.91. The van der Waals surface area contributed by atoms with E-state index in [4.69, 9.17) is 0 Å². The Bertz CT molecular complexity index is 684. The summed E-state index contributed by atoms with van der Waals surface area (Å²) < 4.78 is 0.359. The van der Waals surface area contributed by atoms with Crippen molar-refractivity contribution in [3.05, 3.63) is 60.0 Å². The van der Waals surface area contributed by atoms with Crippen LogP contribution in [0.5, 0.6) is 0 Å². The van der Waals surface area contributed by atoms with Gasteiger partial charge in [0.1, 0.15) is 0 Å². The van der Waals surface area contributed by atoms with E-state index in [9.17, 15) is 14.4 Å². The average molecular weight is 254 g/mol. The van der Waals surface area contributed by atoms with E-state index in [1.54, 1.807) is 6.92 Å². The molecule has 0 saturated carbocycles. The van der Waals surface area contributed by atoms with Crippen molar-refractivity contribution in [3.63, 3.8) is 0 Å². The molecule has 0 saturated heterocycles. The molecule has 8 heteroatoms. The third kappa shape index (κ3) is 4.43. The second-order valence-corrected chi connectivity index (χ2v) is 3.46. The van der Waals surface area contributed by atoms with Gasteiger partial charge in [0.2, 0.25) is 0 Å². The fraction of sp³-hybridized carbons (Fsp3) is 0.111. The molecule has 7 nitrogen and oxygen atoms in total. The zero-order valence-corrected chi connectivity index (χ0v) is 9.68. The maximum Gasteiger partial charge on any atom is 0.325 e. The van der Waals surface area contributed by atoms with Gasteiger partial charge in [0.15, 0.2) is 4.77 Å². The summed E-state index contributed by atoms with van der Waals surface area (Å²) in [5.41, 5.74) is -0.465. The van der Waals surface area contributed by atoms with Gasteiger partial charge in [-0.2, -0.15) is 0 Å². The molecule has 0 amide bonds. The maximum absolute atomic E-state index is 10.6. The SMILES string of the molecule is Cc1c[nH]c(=O)[nH]c1=O.O=c1cc[nH]c(=S)[nH]1. The van der Waals surface area contributed by atoms with Crippen LogP contribution in [0.2, 0.25) is 0 Å². The molecule has 0 aliphatic rings. The Balaban J connectivity index is 0.000000171. The normalized spacial score (nSPS) is 9.24. The molecule has 0 aliphatic heterocycles. The second kappa shape index (κ2) is 5.75. The molecule has 0 radical (unpaired) electrons. The zero-order chi connectivity index (χ0) is 12.8. The Morgan fingerprint density at radius 3 is 2.24 bits per heavy atom. The van der Waals surface area contributed by atoms with Crippen molar-refractivity contribution in [1.82, 2.24) is 19.9 Å². The molecular formula is C9H10N4O3S. The number of H-pyrrole nitrogens is 4. The number of rotatable bonds is 0. The first kappa shape index (κ1) is 12.8. The van der Waals surface area contributed by atoms with Gasteiger partial charge >= 0.3 is 5.69 Å². The lowest BCUT2D eigenvalue weighted by atomic mass is 10.4. The number of aromatic amines is 4. The molecule has 17 heavy (non-hydrogen) atoms. The largest absolute Gasteiger partial charge is 0.339 e. The summed E-state index contributed by atoms with van der Waals surface area (Å²) in [6.45, 7) is 1.62. The molecule has 2 rings (SSSR count). The van der Waals surface area contributed by atoms with Crippen LogP contribution < -0.4 is 16.8 Å². The Labute approximate surface area is 99.6 Å². The summed E-state index contributed by atoms with van der Waals surface area (Å²) in [4.78, 5) is 40.6. The van der Waals surface area contributed by atoms with Crippen LogP contribution in [0.1, 0.15) is 5.56 Å². The van der Waals surface area contributed by atoms with Crippen LogP contribution in [-0.2, 0) is 0 Å². The van der Waals surface area contributed by atoms with Gasteiger partial charge in [-0.25, -0.2) is 4.79 Å². The summed E-state index contributed by atoms with van der Waals surface area (Å²) in [7, 11) is 0. The maximum atomic E-state index is 10.6. The Hall–Kier alpha value is -2.22. The lowest BCUT2D eigenvalue weighted by Gasteiger charge is -1.84. The van der Waals surface area contributed by atoms with E-state index in [1.165, 1.54) is 18.5 Å². The average Bonchev–Trinajstić information content (AvgIpc) is 2.24. The van der Waals surface area contributed by atoms with Crippen molar-refractivity contribution in [2.24, 2.45) is 0 Å². The summed E-state index contributed by atoms with van der Waals surface area (Å²) in [6, 6.07) is 1.37. The van der Waals surface area contributed by atoms with Gasteiger partial charge in [0, 0.05) is 24.0 Å². The Morgan fingerprint density at radius 2 is 1.82 bits per heavy atom. The van der Waals surface area contributed by atoms with Crippen LogP contribution in [0.3, 0.4) is 0 Å². The molecular weight excluding hydrogens is 244 g/mol. The van der Waals surface area contributed by atoms with Crippen LogP contribution in [0.4, 0.5) is 0 Å². The van der Waals surface area contributed by atoms with Crippen molar-refractivity contribution in [3.8, 4) is 0 Å². The second-order valence-electron chi connectivity index (χ2n) is 3.05. The van der Waals surface area contributed by atoms with E-state index in [1.807, 2.05) is 0 Å². The van der Waals surface area contributed by atoms with Crippen molar-refractivity contribution in [2.45, 2.75) is 6.92 Å². The quantitative estimate of drug-likeness (QED) is 0.487. The van der Waals surface area contributed by atoms with Crippen molar-refractivity contribution in [2.75, 3.05) is 0 Å². The fourth-order valence-electron chi connectivity index (χ4n) is 0.860. The van der Waals surface area contributed by atoms with E-state index in [2.05, 4.69) is 32.2 Å². The molecule has 0 aliphatic carbocycles. The molecule has 0 bridgehead atoms. The predicted molar refractivity (Wildman–Crippen MR) is 64.7 cm³/mol. The van der Waals surface area contributed by atoms with Gasteiger partial charge in [-0.3, -0.25) is 19.6 Å². The monoisotopic (exact) mass is 254 g/mol. The highest BCUT2D eigenvalue weighted by Crippen LogP contribution is 1.73. The lowest BCUT2D eigenvalue weighted by Crippen LogP contribution is -2.22. The molecule has 0 atom stereocenters. The molecule has 2 heterocycles. The van der Waals surface area contributed by atoms with Gasteiger partial charge in [-0.05, 0) is 19.1 Å². The van der Waals surface area contributed by atoms with Gasteiger partial charge in [-0.1, -0.05) is 0 Å². The number of aromatic nitrogens is 4. The van der Waals surface area contributed by atoms with E-state index >= 15 is 0 Å². The summed E-state index contributed by atoms with van der Waals surface area (Å²) >= 11 is 4.59. The van der Waals surface area contributed by atoms with E-state index in [-0.39, 0.29) is 11.1 Å². The Kier molecular flexibility index (Phi) is 4.35. The Morgan fingerprint density at radius 1 is 1.12 bits per heavy atom. The van der Waals surface area contributed by atoms with Crippen molar-refractivity contribution >= 4 is 12.2 Å². The van der Waals surface area contributed by atoms with E-state index < -0.39 is 5.69 Å².